The Morgan fingerprint density at radius 1 is 1.02 bits per heavy atom. The van der Waals surface area contributed by atoms with Crippen LogP contribution in [0.5, 0.6) is 0 Å². The molecule has 264 valence electrons. The van der Waals surface area contributed by atoms with Gasteiger partial charge in [0.1, 0.15) is 12.0 Å². The van der Waals surface area contributed by atoms with E-state index in [0.717, 1.165) is 54.8 Å². The summed E-state index contributed by atoms with van der Waals surface area (Å²) in [5.41, 5.74) is 2.21. The molecule has 5 unspecified atom stereocenters. The van der Waals surface area contributed by atoms with Crippen LogP contribution in [0, 0.1) is 52.3 Å². The summed E-state index contributed by atoms with van der Waals surface area (Å²) in [4.78, 5) is 50.8. The molecule has 1 N–H and O–H groups in total. The minimum atomic E-state index is -0.888. The maximum absolute atomic E-state index is 12.7. The molecule has 9 atom stereocenters. The average molecular weight is 655 g/mol. The molecule has 1 saturated heterocycles. The van der Waals surface area contributed by atoms with E-state index in [1.807, 2.05) is 0 Å². The molecule has 47 heavy (non-hydrogen) atoms. The van der Waals surface area contributed by atoms with Gasteiger partial charge < -0.3 is 19.7 Å². The Morgan fingerprint density at radius 2 is 1.81 bits per heavy atom. The summed E-state index contributed by atoms with van der Waals surface area (Å²) < 4.78 is 10.8. The highest BCUT2D eigenvalue weighted by molar-refractivity contribution is 6.04. The standard InChI is InChI=1S/C39H62N2O6/c1-7-46-36(44)30-23-41(24-34(30)42)35(43)12-9-21-40-37(45)47-28-17-19-38(5)27(22-28)13-14-29-32-16-15-31(26(4)11-8-10-25(2)3)39(32,6)20-18-33(29)38/h13,25-26,28-33H,7-12,14-24H2,1-6H3,(H,40,45)/t26?,28-,29?,30?,31+,32?,33?,38-,39+/m0/s1. The van der Waals surface area contributed by atoms with Gasteiger partial charge in [0, 0.05) is 25.9 Å². The van der Waals surface area contributed by atoms with E-state index in [-0.39, 0.29) is 49.3 Å². The van der Waals surface area contributed by atoms with E-state index in [1.165, 1.54) is 61.8 Å². The summed E-state index contributed by atoms with van der Waals surface area (Å²) in [5, 5.41) is 2.82. The van der Waals surface area contributed by atoms with Gasteiger partial charge in [-0.1, -0.05) is 65.5 Å². The Bertz CT molecular complexity index is 1200. The van der Waals surface area contributed by atoms with Crippen LogP contribution >= 0.6 is 0 Å². The summed E-state index contributed by atoms with van der Waals surface area (Å²) in [5.74, 6) is 2.93. The molecule has 4 fully saturated rings. The zero-order chi connectivity index (χ0) is 33.9. The van der Waals surface area contributed by atoms with E-state index in [1.54, 1.807) is 6.92 Å². The number of Topliss-reactive ketones (excluding diaryl/α,β-unsaturated/α-hetero) is 1. The lowest BCUT2D eigenvalue weighted by molar-refractivity contribution is -0.149. The number of ketones is 1. The molecule has 0 aromatic rings. The van der Waals surface area contributed by atoms with Crippen molar-refractivity contribution in [3.05, 3.63) is 11.6 Å². The highest BCUT2D eigenvalue weighted by Gasteiger charge is 2.59. The van der Waals surface area contributed by atoms with E-state index in [4.69, 9.17) is 9.47 Å². The average Bonchev–Trinajstić information content (AvgIpc) is 3.59. The number of alkyl carbamates (subject to hydrolysis) is 1. The van der Waals surface area contributed by atoms with E-state index < -0.39 is 18.0 Å². The molecule has 2 amide bonds. The van der Waals surface area contributed by atoms with Gasteiger partial charge in [0.2, 0.25) is 5.91 Å². The molecule has 0 bridgehead atoms. The fourth-order valence-electron chi connectivity index (χ4n) is 10.9. The number of fused-ring (bicyclic) bond motifs is 5. The summed E-state index contributed by atoms with van der Waals surface area (Å²) in [7, 11) is 0. The van der Waals surface area contributed by atoms with E-state index in [2.05, 4.69) is 46.0 Å². The molecule has 4 aliphatic carbocycles. The summed E-state index contributed by atoms with van der Waals surface area (Å²) in [6.45, 7) is 14.6. The lowest BCUT2D eigenvalue weighted by atomic mass is 9.47. The van der Waals surface area contributed by atoms with Crippen LogP contribution in [0.15, 0.2) is 11.6 Å². The van der Waals surface area contributed by atoms with Gasteiger partial charge in [-0.3, -0.25) is 14.4 Å². The van der Waals surface area contributed by atoms with Crippen LogP contribution in [0.25, 0.3) is 0 Å². The van der Waals surface area contributed by atoms with Crippen molar-refractivity contribution in [2.24, 2.45) is 52.3 Å². The Hall–Kier alpha value is -2.38. The fraction of sp³-hybridized carbons (Fsp3) is 0.846. The maximum Gasteiger partial charge on any atom is 0.407 e. The smallest absolute Gasteiger partial charge is 0.407 e. The van der Waals surface area contributed by atoms with Gasteiger partial charge in [-0.15, -0.1) is 0 Å². The maximum atomic E-state index is 12.7. The predicted molar refractivity (Wildman–Crippen MR) is 182 cm³/mol. The Morgan fingerprint density at radius 3 is 2.55 bits per heavy atom. The number of carbonyl (C=O) groups is 4. The molecule has 1 aliphatic heterocycles. The number of likely N-dealkylation sites (tertiary alicyclic amines) is 1. The van der Waals surface area contributed by atoms with Gasteiger partial charge in [-0.25, -0.2) is 4.79 Å². The number of amides is 2. The number of nitrogens with zero attached hydrogens (tertiary/aromatic N) is 1. The number of carbonyl (C=O) groups excluding carboxylic acids is 4. The van der Waals surface area contributed by atoms with Crippen molar-refractivity contribution in [1.29, 1.82) is 0 Å². The van der Waals surface area contributed by atoms with Gasteiger partial charge in [-0.05, 0) is 105 Å². The molecule has 5 aliphatic rings. The van der Waals surface area contributed by atoms with Crippen molar-refractivity contribution >= 4 is 23.8 Å². The van der Waals surface area contributed by atoms with Crippen LogP contribution < -0.4 is 5.32 Å². The molecule has 0 aromatic heterocycles. The molecular weight excluding hydrogens is 592 g/mol. The Balaban J connectivity index is 1.06. The number of hydrogen-bond acceptors (Lipinski definition) is 6. The second-order valence-corrected chi connectivity index (χ2v) is 16.6. The first-order valence-electron chi connectivity index (χ1n) is 19.0. The number of rotatable bonds is 12. The number of allylic oxidation sites excluding steroid dienone is 1. The zero-order valence-electron chi connectivity index (χ0n) is 30.1. The third-order valence-electron chi connectivity index (χ3n) is 13.4. The van der Waals surface area contributed by atoms with Crippen molar-refractivity contribution in [2.45, 2.75) is 131 Å². The minimum Gasteiger partial charge on any atom is -0.465 e. The number of ether oxygens (including phenoxy) is 2. The van der Waals surface area contributed by atoms with Gasteiger partial charge in [0.15, 0.2) is 5.78 Å². The molecule has 0 spiro atoms. The van der Waals surface area contributed by atoms with E-state index in [0.29, 0.717) is 18.4 Å². The summed E-state index contributed by atoms with van der Waals surface area (Å²) in [6.07, 6.45) is 16.2. The van der Waals surface area contributed by atoms with Crippen molar-refractivity contribution in [1.82, 2.24) is 10.2 Å². The third-order valence-corrected chi connectivity index (χ3v) is 13.4. The third kappa shape index (κ3) is 7.61. The van der Waals surface area contributed by atoms with E-state index >= 15 is 0 Å². The van der Waals surface area contributed by atoms with Crippen LogP contribution in [0.1, 0.15) is 125 Å². The monoisotopic (exact) mass is 654 g/mol. The van der Waals surface area contributed by atoms with Crippen LogP contribution in [0.2, 0.25) is 0 Å². The van der Waals surface area contributed by atoms with Gasteiger partial charge >= 0.3 is 12.1 Å². The zero-order valence-corrected chi connectivity index (χ0v) is 30.1. The normalized spacial score (nSPS) is 35.4. The lowest BCUT2D eigenvalue weighted by Gasteiger charge is -2.58. The summed E-state index contributed by atoms with van der Waals surface area (Å²) in [6, 6.07) is 0. The first kappa shape index (κ1) is 35.9. The quantitative estimate of drug-likeness (QED) is 0.101. The molecule has 3 saturated carbocycles. The Labute approximate surface area is 283 Å². The Kier molecular flexibility index (Phi) is 11.5. The molecular formula is C39H62N2O6. The molecule has 0 radical (unpaired) electrons. The summed E-state index contributed by atoms with van der Waals surface area (Å²) >= 11 is 0. The van der Waals surface area contributed by atoms with Crippen LogP contribution in [-0.2, 0) is 23.9 Å². The number of nitrogens with one attached hydrogen (secondary N) is 1. The predicted octanol–water partition coefficient (Wildman–Crippen LogP) is 7.49. The van der Waals surface area contributed by atoms with Gasteiger partial charge in [0.05, 0.1) is 13.2 Å². The van der Waals surface area contributed by atoms with Crippen molar-refractivity contribution in [2.75, 3.05) is 26.2 Å². The highest BCUT2D eigenvalue weighted by atomic mass is 16.6. The van der Waals surface area contributed by atoms with E-state index in [9.17, 15) is 19.2 Å². The molecule has 0 aromatic carbocycles. The second kappa shape index (κ2) is 15.0. The molecule has 1 heterocycles. The minimum absolute atomic E-state index is 0.0614. The van der Waals surface area contributed by atoms with Crippen LogP contribution in [0.4, 0.5) is 4.79 Å². The van der Waals surface area contributed by atoms with Crippen molar-refractivity contribution in [3.8, 4) is 0 Å². The second-order valence-electron chi connectivity index (χ2n) is 16.6. The number of esters is 1. The van der Waals surface area contributed by atoms with Crippen LogP contribution in [-0.4, -0.2) is 61.0 Å². The molecule has 5 rings (SSSR count). The van der Waals surface area contributed by atoms with Gasteiger partial charge in [-0.2, -0.15) is 0 Å². The first-order chi connectivity index (χ1) is 22.4. The SMILES string of the molecule is CCOC(=O)C1CN(C(=O)CCCNC(=O)O[C@H]2CC[C@@]3(C)C(=CCC4C3CC[C@@]3(C)C4CC[C@@H]3C(C)CCCC(C)C)C2)CC1=O. The van der Waals surface area contributed by atoms with Crippen molar-refractivity contribution in [3.63, 3.8) is 0 Å². The van der Waals surface area contributed by atoms with Crippen molar-refractivity contribution < 1.29 is 28.7 Å². The first-order valence-corrected chi connectivity index (χ1v) is 19.0. The fourth-order valence-corrected chi connectivity index (χ4v) is 10.9. The number of hydrogen-bond donors (Lipinski definition) is 1. The molecule has 8 heteroatoms. The van der Waals surface area contributed by atoms with Crippen LogP contribution in [0.3, 0.4) is 0 Å². The highest BCUT2D eigenvalue weighted by Crippen LogP contribution is 2.67. The van der Waals surface area contributed by atoms with Gasteiger partial charge in [0.25, 0.3) is 0 Å². The largest absolute Gasteiger partial charge is 0.465 e. The molecule has 8 nitrogen and oxygen atoms in total. The topological polar surface area (TPSA) is 102 Å². The lowest BCUT2D eigenvalue weighted by Crippen LogP contribution is -2.51.